The molecule has 13 unspecified atom stereocenters. The Hall–Kier alpha value is -9.99. The number of likely N-dealkylation sites (tertiary alicyclic amines) is 1. The molecule has 13 atom stereocenters. The average Bonchev–Trinajstić information content (AvgIpc) is 1.81. The Morgan fingerprint density at radius 2 is 0.796 bits per heavy atom. The number of amides is 16. The van der Waals surface area contributed by atoms with Gasteiger partial charge in [-0.05, 0) is 37.2 Å². The number of nitrogens with two attached hydrogens (primary N) is 6. The molecular formula is C54H83N17O22. The Balaban J connectivity index is 2.27. The number of nitrogens with one attached hydrogen (secondary N) is 10. The molecule has 0 spiro atoms. The van der Waals surface area contributed by atoms with E-state index in [2.05, 4.69) is 37.2 Å². The number of aliphatic hydroxyl groups is 4. The number of carbonyl (C=O) groups excluding carboxylic acids is 16. The first-order valence-electron chi connectivity index (χ1n) is 28.9. The quantitative estimate of drug-likeness (QED) is 0.0289. The van der Waals surface area contributed by atoms with Crippen molar-refractivity contribution in [2.75, 3.05) is 33.0 Å². The summed E-state index contributed by atoms with van der Waals surface area (Å²) >= 11 is 0. The van der Waals surface area contributed by atoms with Crippen molar-refractivity contribution in [2.24, 2.45) is 40.3 Å². The van der Waals surface area contributed by atoms with Crippen LogP contribution in [0.3, 0.4) is 0 Å². The van der Waals surface area contributed by atoms with Gasteiger partial charge in [-0.25, -0.2) is 4.79 Å². The van der Waals surface area contributed by atoms with Crippen LogP contribution in [0.1, 0.15) is 83.6 Å². The highest BCUT2D eigenvalue weighted by molar-refractivity contribution is 6.01. The number of rotatable bonds is 42. The summed E-state index contributed by atoms with van der Waals surface area (Å²) in [5.41, 5.74) is 33.0. The van der Waals surface area contributed by atoms with Gasteiger partial charge in [0.2, 0.25) is 94.5 Å². The van der Waals surface area contributed by atoms with Crippen molar-refractivity contribution >= 4 is 100 Å². The van der Waals surface area contributed by atoms with Gasteiger partial charge in [0.05, 0.1) is 51.7 Å². The number of hydrogen-bond acceptors (Lipinski definition) is 22. The Morgan fingerprint density at radius 1 is 0.462 bits per heavy atom. The van der Waals surface area contributed by atoms with E-state index in [9.17, 15) is 107 Å². The lowest BCUT2D eigenvalue weighted by molar-refractivity contribution is -0.143. The van der Waals surface area contributed by atoms with E-state index in [1.165, 1.54) is 0 Å². The van der Waals surface area contributed by atoms with Crippen molar-refractivity contribution in [2.45, 2.75) is 157 Å². The second kappa shape index (κ2) is 39.3. The molecule has 1 aromatic carbocycles. The molecule has 16 amide bonds. The molecule has 1 saturated heterocycles. The second-order valence-electron chi connectivity index (χ2n) is 21.5. The standard InChI is InChI=1S/C54H83N17O22/c1-3-24(2)42(60)52(90)65-30(19-41(59)80)53(91)71-15-7-10-36(71)51(89)70-35(23-75)50(88)69-34(22-74)49(87)68-33(21-73)48(86)62-27(12-14-38(56)77)44(82)64-29(18-40(58)79)46(84)67-32(20-72)47(85)61-26(11-13-37(55)76)43(81)63-28(17-39(57)78)45(83)66-31(54(92)93)16-25-8-5-4-6-9-25/h4-6,8-9,24,26-36,42,72-75H,3,7,10-23,60H2,1-2H3,(H2,55,76)(H2,56,77)(H2,57,78)(H2,58,79)(H2,59,80)(H,61,85)(H,62,86)(H,63,81)(H,64,82)(H,65,90)(H,66,83)(H,67,84)(H,68,87)(H,69,88)(H,70,89)(H,92,93). The molecule has 1 aliphatic heterocycles. The molecule has 0 aliphatic carbocycles. The van der Waals surface area contributed by atoms with Crippen LogP contribution in [0, 0.1) is 5.92 Å². The van der Waals surface area contributed by atoms with Crippen LogP contribution in [0.25, 0.3) is 0 Å². The summed E-state index contributed by atoms with van der Waals surface area (Å²) in [5, 5.41) is 71.7. The van der Waals surface area contributed by atoms with Crippen LogP contribution >= 0.6 is 0 Å². The van der Waals surface area contributed by atoms with Gasteiger partial charge in [-0.3, -0.25) is 76.7 Å². The Morgan fingerprint density at radius 3 is 1.16 bits per heavy atom. The molecule has 93 heavy (non-hydrogen) atoms. The number of benzene rings is 1. The maximum Gasteiger partial charge on any atom is 0.326 e. The number of primary amides is 5. The van der Waals surface area contributed by atoms with E-state index in [4.69, 9.17) is 34.4 Å². The minimum Gasteiger partial charge on any atom is -0.480 e. The molecule has 39 nitrogen and oxygen atoms in total. The summed E-state index contributed by atoms with van der Waals surface area (Å²) in [5.74, 6) is -21.1. The summed E-state index contributed by atoms with van der Waals surface area (Å²) < 4.78 is 0. The molecule has 39 heteroatoms. The lowest BCUT2D eigenvalue weighted by atomic mass is 9.99. The fourth-order valence-corrected chi connectivity index (χ4v) is 8.89. The van der Waals surface area contributed by atoms with Crippen molar-refractivity contribution in [1.82, 2.24) is 58.1 Å². The van der Waals surface area contributed by atoms with Crippen LogP contribution in [-0.4, -0.2) is 236 Å². The first-order valence-corrected chi connectivity index (χ1v) is 28.9. The van der Waals surface area contributed by atoms with Gasteiger partial charge in [0, 0.05) is 25.8 Å². The number of hydrogen-bond donors (Lipinski definition) is 21. The van der Waals surface area contributed by atoms with Crippen molar-refractivity contribution in [3.8, 4) is 0 Å². The fraction of sp³-hybridized carbons (Fsp3) is 0.574. The molecule has 27 N–H and O–H groups in total. The normalized spacial score (nSPS) is 16.5. The number of carbonyl (C=O) groups is 17. The van der Waals surface area contributed by atoms with E-state index in [1.807, 2.05) is 16.0 Å². The molecule has 0 saturated carbocycles. The summed E-state index contributed by atoms with van der Waals surface area (Å²) in [4.78, 5) is 222. The molecule has 1 aliphatic rings. The van der Waals surface area contributed by atoms with Gasteiger partial charge in [0.15, 0.2) is 0 Å². The van der Waals surface area contributed by atoms with Gasteiger partial charge in [0.1, 0.15) is 66.5 Å². The maximum atomic E-state index is 13.8. The summed E-state index contributed by atoms with van der Waals surface area (Å²) in [7, 11) is 0. The lowest BCUT2D eigenvalue weighted by Gasteiger charge is -2.30. The number of aliphatic carboxylic acids is 1. The topological polar surface area (TPSA) is 671 Å². The second-order valence-corrected chi connectivity index (χ2v) is 21.5. The lowest BCUT2D eigenvalue weighted by Crippen LogP contribution is -2.62. The van der Waals surface area contributed by atoms with Gasteiger partial charge in [-0.1, -0.05) is 50.6 Å². The van der Waals surface area contributed by atoms with Crippen LogP contribution in [0.5, 0.6) is 0 Å². The Bertz CT molecular complexity index is 2890. The van der Waals surface area contributed by atoms with Crippen molar-refractivity contribution < 1.29 is 107 Å². The molecule has 1 heterocycles. The maximum absolute atomic E-state index is 13.8. The molecule has 1 aromatic rings. The third kappa shape index (κ3) is 26.8. The zero-order chi connectivity index (χ0) is 70.4. The monoisotopic (exact) mass is 1320 g/mol. The number of aliphatic hydroxyl groups excluding tert-OH is 4. The van der Waals surface area contributed by atoms with E-state index in [0.717, 1.165) is 4.90 Å². The van der Waals surface area contributed by atoms with E-state index in [-0.39, 0.29) is 31.7 Å². The fourth-order valence-electron chi connectivity index (χ4n) is 8.89. The van der Waals surface area contributed by atoms with Crippen molar-refractivity contribution in [1.29, 1.82) is 0 Å². The summed E-state index contributed by atoms with van der Waals surface area (Å²) in [6, 6.07) is -13.6. The molecule has 516 valence electrons. The molecule has 1 fully saturated rings. The number of nitrogens with zero attached hydrogens (tertiary/aromatic N) is 1. The van der Waals surface area contributed by atoms with E-state index in [0.29, 0.717) is 12.0 Å². The first kappa shape index (κ1) is 79.1. The van der Waals surface area contributed by atoms with Gasteiger partial charge in [-0.2, -0.15) is 0 Å². The zero-order valence-corrected chi connectivity index (χ0v) is 50.8. The van der Waals surface area contributed by atoms with Gasteiger partial charge < -0.3 is 118 Å². The third-order valence-corrected chi connectivity index (χ3v) is 14.3. The van der Waals surface area contributed by atoms with Crippen molar-refractivity contribution in [3.05, 3.63) is 35.9 Å². The average molecular weight is 1320 g/mol. The smallest absolute Gasteiger partial charge is 0.326 e. The molecular weight excluding hydrogens is 1240 g/mol. The largest absolute Gasteiger partial charge is 0.480 e. The minimum atomic E-state index is -2.11. The first-order chi connectivity index (χ1) is 43.7. The van der Waals surface area contributed by atoms with Crippen molar-refractivity contribution in [3.63, 3.8) is 0 Å². The third-order valence-electron chi connectivity index (χ3n) is 14.3. The van der Waals surface area contributed by atoms with Crippen LogP contribution < -0.4 is 87.6 Å². The number of carboxylic acids is 1. The highest BCUT2D eigenvalue weighted by atomic mass is 16.4. The SMILES string of the molecule is CCC(C)C(N)C(=O)NC(CC(N)=O)C(=O)N1CCCC1C(=O)NC(CO)C(=O)NC(CO)C(=O)NC(CO)C(=O)NC(CCC(N)=O)C(=O)NC(CC(N)=O)C(=O)NC(CO)C(=O)NC(CCC(N)=O)C(=O)NC(CC(N)=O)C(=O)NC(Cc1ccccc1)C(=O)O. The predicted octanol–water partition coefficient (Wildman–Crippen LogP) is -12.3. The van der Waals surface area contributed by atoms with Gasteiger partial charge in [0.25, 0.3) is 0 Å². The zero-order valence-electron chi connectivity index (χ0n) is 50.8. The molecule has 0 radical (unpaired) electrons. The van der Waals surface area contributed by atoms with E-state index in [1.54, 1.807) is 44.2 Å². The minimum absolute atomic E-state index is 0.00416. The van der Waals surface area contributed by atoms with E-state index >= 15 is 0 Å². The highest BCUT2D eigenvalue weighted by Crippen LogP contribution is 2.20. The Labute approximate surface area is 530 Å². The predicted molar refractivity (Wildman–Crippen MR) is 316 cm³/mol. The van der Waals surface area contributed by atoms with Crippen LogP contribution in [0.2, 0.25) is 0 Å². The van der Waals surface area contributed by atoms with Crippen LogP contribution in [0.15, 0.2) is 30.3 Å². The van der Waals surface area contributed by atoms with Gasteiger partial charge >= 0.3 is 5.97 Å². The highest BCUT2D eigenvalue weighted by Gasteiger charge is 2.41. The molecule has 0 bridgehead atoms. The Kier molecular flexibility index (Phi) is 33.4. The number of carboxylic acid groups (broad SMARTS) is 1. The summed E-state index contributed by atoms with van der Waals surface area (Å²) in [6.45, 7) is -1.60. The van der Waals surface area contributed by atoms with Crippen LogP contribution in [-0.2, 0) is 87.9 Å². The van der Waals surface area contributed by atoms with Crippen LogP contribution in [0.4, 0.5) is 0 Å². The molecule has 0 aromatic heterocycles. The van der Waals surface area contributed by atoms with Gasteiger partial charge in [-0.15, -0.1) is 0 Å². The van der Waals surface area contributed by atoms with E-state index < -0.39 is 244 Å². The molecule has 2 rings (SSSR count). The summed E-state index contributed by atoms with van der Waals surface area (Å²) in [6.07, 6.45) is -4.91.